The number of hydrogen-bond acceptors (Lipinski definition) is 4. The molecule has 0 fully saturated rings. The van der Waals surface area contributed by atoms with E-state index in [1.54, 1.807) is 55.5 Å². The minimum absolute atomic E-state index is 0.00103. The number of amides is 2. The minimum Gasteiger partial charge on any atom is -0.354 e. The summed E-state index contributed by atoms with van der Waals surface area (Å²) in [6, 6.07) is 27.0. The summed E-state index contributed by atoms with van der Waals surface area (Å²) in [5.74, 6) is -0.884. The molecule has 0 bridgehead atoms. The number of carbonyl (C=O) groups excluding carboxylic acids is 2. The summed E-state index contributed by atoms with van der Waals surface area (Å²) in [6.07, 6.45) is 0.929. The quantitative estimate of drug-likeness (QED) is 0.167. The monoisotopic (exact) mass is 665 g/mol. The fraction of sp³-hybridized carbons (Fsp3) is 0.257. The van der Waals surface area contributed by atoms with Crippen molar-refractivity contribution in [3.63, 3.8) is 0 Å². The maximum atomic E-state index is 14.5. The minimum atomic E-state index is -4.18. The van der Waals surface area contributed by atoms with Crippen molar-refractivity contribution in [2.75, 3.05) is 17.4 Å². The molecule has 10 heteroatoms. The second-order valence-electron chi connectivity index (χ2n) is 10.9. The topological polar surface area (TPSA) is 86.8 Å². The Morgan fingerprint density at radius 3 is 2.13 bits per heavy atom. The molecule has 0 saturated heterocycles. The van der Waals surface area contributed by atoms with Crippen LogP contribution in [0.4, 0.5) is 5.69 Å². The highest BCUT2D eigenvalue weighted by Gasteiger charge is 2.35. The molecule has 45 heavy (non-hydrogen) atoms. The number of hydrogen-bond donors (Lipinski definition) is 1. The number of sulfonamides is 1. The molecule has 0 aromatic heterocycles. The summed E-state index contributed by atoms with van der Waals surface area (Å²) < 4.78 is 29.5. The van der Waals surface area contributed by atoms with Crippen LogP contribution in [0.3, 0.4) is 0 Å². The lowest BCUT2D eigenvalue weighted by Gasteiger charge is -2.34. The number of para-hydroxylation sites is 1. The van der Waals surface area contributed by atoms with Gasteiger partial charge in [0.15, 0.2) is 0 Å². The maximum absolute atomic E-state index is 14.5. The fourth-order valence-electron chi connectivity index (χ4n) is 4.95. The average molecular weight is 667 g/mol. The molecule has 0 aliphatic rings. The van der Waals surface area contributed by atoms with Gasteiger partial charge in [-0.15, -0.1) is 0 Å². The Kier molecular flexibility index (Phi) is 11.7. The Hall–Kier alpha value is -3.85. The van der Waals surface area contributed by atoms with Crippen LogP contribution in [0.2, 0.25) is 10.0 Å². The molecule has 7 nitrogen and oxygen atoms in total. The van der Waals surface area contributed by atoms with Crippen molar-refractivity contribution >= 4 is 50.7 Å². The SMILES string of the molecule is CCCNC(=O)[C@H](Cc1ccccc1)N(Cc1ccc(Cl)c(Cl)c1)C(=O)CN(c1ccccc1C)S(=O)(=O)c1ccc(C)cc1. The average Bonchev–Trinajstić information content (AvgIpc) is 3.03. The van der Waals surface area contributed by atoms with E-state index in [1.165, 1.54) is 17.0 Å². The van der Waals surface area contributed by atoms with E-state index in [0.29, 0.717) is 39.8 Å². The number of benzene rings is 4. The maximum Gasteiger partial charge on any atom is 0.264 e. The summed E-state index contributed by atoms with van der Waals surface area (Å²) in [4.78, 5) is 29.8. The van der Waals surface area contributed by atoms with Crippen molar-refractivity contribution in [2.24, 2.45) is 0 Å². The molecule has 4 aromatic rings. The molecule has 1 N–H and O–H groups in total. The molecular weight excluding hydrogens is 629 g/mol. The number of carbonyl (C=O) groups is 2. The Bertz CT molecular complexity index is 1730. The van der Waals surface area contributed by atoms with Crippen molar-refractivity contribution in [3.8, 4) is 0 Å². The molecule has 0 aliphatic carbocycles. The van der Waals surface area contributed by atoms with Crippen LogP contribution in [0.25, 0.3) is 0 Å². The van der Waals surface area contributed by atoms with E-state index in [0.717, 1.165) is 15.4 Å². The third-order valence-corrected chi connectivity index (χ3v) is 9.94. The molecule has 2 amide bonds. The van der Waals surface area contributed by atoms with Crippen molar-refractivity contribution in [3.05, 3.63) is 129 Å². The second kappa shape index (κ2) is 15.4. The Balaban J connectivity index is 1.82. The summed E-state index contributed by atoms with van der Waals surface area (Å²) in [5.41, 5.74) is 3.45. The van der Waals surface area contributed by atoms with Gasteiger partial charge in [0.1, 0.15) is 12.6 Å². The predicted octanol–water partition coefficient (Wildman–Crippen LogP) is 6.97. The van der Waals surface area contributed by atoms with Gasteiger partial charge < -0.3 is 10.2 Å². The first-order chi connectivity index (χ1) is 21.5. The van der Waals surface area contributed by atoms with Gasteiger partial charge in [0.05, 0.1) is 20.6 Å². The fourth-order valence-corrected chi connectivity index (χ4v) is 6.75. The zero-order valence-corrected chi connectivity index (χ0v) is 27.9. The van der Waals surface area contributed by atoms with Crippen LogP contribution in [0.5, 0.6) is 0 Å². The van der Waals surface area contributed by atoms with E-state index in [9.17, 15) is 18.0 Å². The van der Waals surface area contributed by atoms with E-state index in [4.69, 9.17) is 23.2 Å². The van der Waals surface area contributed by atoms with E-state index in [-0.39, 0.29) is 23.8 Å². The van der Waals surface area contributed by atoms with Crippen molar-refractivity contribution in [1.82, 2.24) is 10.2 Å². The third-order valence-electron chi connectivity index (χ3n) is 7.43. The lowest BCUT2D eigenvalue weighted by atomic mass is 10.0. The van der Waals surface area contributed by atoms with Gasteiger partial charge >= 0.3 is 0 Å². The largest absolute Gasteiger partial charge is 0.354 e. The highest BCUT2D eigenvalue weighted by molar-refractivity contribution is 7.92. The van der Waals surface area contributed by atoms with Gasteiger partial charge in [0.2, 0.25) is 11.8 Å². The number of halogens is 2. The first kappa shape index (κ1) is 34.0. The van der Waals surface area contributed by atoms with Crippen LogP contribution in [0.1, 0.15) is 35.6 Å². The molecule has 4 rings (SSSR count). The van der Waals surface area contributed by atoms with Crippen LogP contribution in [0.15, 0.2) is 102 Å². The van der Waals surface area contributed by atoms with E-state index < -0.39 is 28.5 Å². The molecule has 0 aliphatic heterocycles. The number of anilines is 1. The van der Waals surface area contributed by atoms with Gasteiger partial charge in [-0.3, -0.25) is 13.9 Å². The molecule has 0 spiro atoms. The van der Waals surface area contributed by atoms with Crippen LogP contribution in [-0.4, -0.2) is 44.3 Å². The number of aryl methyl sites for hydroxylation is 2. The first-order valence-electron chi connectivity index (χ1n) is 14.7. The standard InChI is InChI=1S/C35H37Cl2N3O4S/c1-4-20-38-35(42)33(22-27-11-6-5-7-12-27)39(23-28-16-19-30(36)31(37)21-28)34(41)24-40(32-13-9-8-10-26(32)3)45(43,44)29-17-14-25(2)15-18-29/h5-19,21,33H,4,20,22-24H2,1-3H3,(H,38,42)/t33-/m0/s1. The summed E-state index contributed by atoms with van der Waals surface area (Å²) >= 11 is 12.5. The molecule has 0 unspecified atom stereocenters. The number of nitrogens with one attached hydrogen (secondary N) is 1. The molecule has 0 radical (unpaired) electrons. The van der Waals surface area contributed by atoms with E-state index in [1.807, 2.05) is 50.2 Å². The molecule has 4 aromatic carbocycles. The highest BCUT2D eigenvalue weighted by Crippen LogP contribution is 2.29. The highest BCUT2D eigenvalue weighted by atomic mass is 35.5. The molecule has 0 saturated carbocycles. The molecule has 1 atom stereocenters. The van der Waals surface area contributed by atoms with E-state index in [2.05, 4.69) is 5.32 Å². The first-order valence-corrected chi connectivity index (χ1v) is 16.9. The Morgan fingerprint density at radius 2 is 1.49 bits per heavy atom. The van der Waals surface area contributed by atoms with Gasteiger partial charge in [-0.1, -0.05) is 102 Å². The Morgan fingerprint density at radius 1 is 0.822 bits per heavy atom. The van der Waals surface area contributed by atoms with Gasteiger partial charge in [-0.05, 0) is 67.3 Å². The predicted molar refractivity (Wildman–Crippen MR) is 181 cm³/mol. The summed E-state index contributed by atoms with van der Waals surface area (Å²) in [7, 11) is -4.18. The lowest BCUT2D eigenvalue weighted by molar-refractivity contribution is -0.140. The molecule has 236 valence electrons. The van der Waals surface area contributed by atoms with Crippen molar-refractivity contribution < 1.29 is 18.0 Å². The zero-order chi connectivity index (χ0) is 32.6. The third kappa shape index (κ3) is 8.66. The van der Waals surface area contributed by atoms with Gasteiger partial charge in [0, 0.05) is 19.5 Å². The molecular formula is C35H37Cl2N3O4S. The number of rotatable bonds is 13. The Labute approximate surface area is 275 Å². The van der Waals surface area contributed by atoms with Crippen molar-refractivity contribution in [1.29, 1.82) is 0 Å². The zero-order valence-electron chi connectivity index (χ0n) is 25.5. The van der Waals surface area contributed by atoms with E-state index >= 15 is 0 Å². The second-order valence-corrected chi connectivity index (χ2v) is 13.6. The molecule has 0 heterocycles. The normalized spacial score (nSPS) is 11.9. The van der Waals surface area contributed by atoms with Crippen LogP contribution >= 0.6 is 23.2 Å². The smallest absolute Gasteiger partial charge is 0.264 e. The van der Waals surface area contributed by atoms with Crippen LogP contribution < -0.4 is 9.62 Å². The summed E-state index contributed by atoms with van der Waals surface area (Å²) in [6.45, 7) is 5.50. The summed E-state index contributed by atoms with van der Waals surface area (Å²) in [5, 5.41) is 3.60. The lowest BCUT2D eigenvalue weighted by Crippen LogP contribution is -2.53. The van der Waals surface area contributed by atoms with Crippen molar-refractivity contribution in [2.45, 2.75) is 51.1 Å². The van der Waals surface area contributed by atoms with Gasteiger partial charge in [-0.25, -0.2) is 8.42 Å². The van der Waals surface area contributed by atoms with Gasteiger partial charge in [0.25, 0.3) is 10.0 Å². The number of nitrogens with zero attached hydrogens (tertiary/aromatic N) is 2. The van der Waals surface area contributed by atoms with Gasteiger partial charge in [-0.2, -0.15) is 0 Å². The van der Waals surface area contributed by atoms with Crippen LogP contribution in [-0.2, 0) is 32.6 Å². The van der Waals surface area contributed by atoms with Crippen LogP contribution in [0, 0.1) is 13.8 Å².